The zero-order chi connectivity index (χ0) is 22.0. The average Bonchev–Trinajstić information content (AvgIpc) is 3.32. The summed E-state index contributed by atoms with van der Waals surface area (Å²) in [4.78, 5) is 2.40. The lowest BCUT2D eigenvalue weighted by Gasteiger charge is -2.47. The normalized spacial score (nSPS) is 15.6. The second-order valence-electron chi connectivity index (χ2n) is 8.15. The first-order valence-electron chi connectivity index (χ1n) is 11.2. The molecule has 2 aliphatic heterocycles. The van der Waals surface area contributed by atoms with Crippen molar-refractivity contribution >= 4 is 11.4 Å². The first kappa shape index (κ1) is 20.9. The summed E-state index contributed by atoms with van der Waals surface area (Å²) in [5, 5.41) is 3.91. The molecule has 0 amide bonds. The molecule has 3 nitrogen and oxygen atoms in total. The summed E-state index contributed by atoms with van der Waals surface area (Å²) in [6.07, 6.45) is 9.73. The van der Waals surface area contributed by atoms with Gasteiger partial charge in [-0.2, -0.15) is 0 Å². The molecule has 0 atom stereocenters. The minimum absolute atomic E-state index is 0.0333. The Kier molecular flexibility index (Phi) is 5.65. The lowest BCUT2D eigenvalue weighted by atomic mass is 9.82. The first-order valence-corrected chi connectivity index (χ1v) is 11.2. The minimum atomic E-state index is -0.0333. The average molecular weight is 410 g/mol. The molecule has 158 valence electrons. The van der Waals surface area contributed by atoms with Gasteiger partial charge < -0.3 is 14.8 Å². The summed E-state index contributed by atoms with van der Waals surface area (Å²) < 4.78 is 2.36. The molecule has 1 saturated heterocycles. The summed E-state index contributed by atoms with van der Waals surface area (Å²) in [7, 11) is 0. The second kappa shape index (κ2) is 8.40. The molecule has 1 fully saturated rings. The van der Waals surface area contributed by atoms with Crippen LogP contribution in [-0.4, -0.2) is 22.6 Å². The predicted octanol–water partition coefficient (Wildman–Crippen LogP) is 6.18. The van der Waals surface area contributed by atoms with Crippen molar-refractivity contribution in [2.75, 3.05) is 18.4 Å². The topological polar surface area (TPSA) is 20.2 Å². The van der Waals surface area contributed by atoms with E-state index in [1.54, 1.807) is 0 Å². The molecule has 1 spiro atoms. The summed E-state index contributed by atoms with van der Waals surface area (Å²) in [6, 6.07) is 19.2. The number of hydrogen-bond acceptors (Lipinski definition) is 2. The van der Waals surface area contributed by atoms with Crippen LogP contribution in [0.1, 0.15) is 49.1 Å². The van der Waals surface area contributed by atoms with Gasteiger partial charge in [0.25, 0.3) is 0 Å². The number of anilines is 1. The number of nitrogens with zero attached hydrogens (tertiary/aromatic N) is 2. The van der Waals surface area contributed by atoms with E-state index < -0.39 is 0 Å². The fraction of sp³-hybridized carbons (Fsp3) is 0.286. The fourth-order valence-corrected chi connectivity index (χ4v) is 4.74. The van der Waals surface area contributed by atoms with Crippen LogP contribution in [0.4, 0.5) is 5.69 Å². The monoisotopic (exact) mass is 409 g/mol. The highest BCUT2D eigenvalue weighted by Crippen LogP contribution is 2.44. The molecule has 5 rings (SSSR count). The SMILES string of the molecule is C#Cc1ccc(C(=C)N2CCC3(CC2)Nc2cc(C)ccc2-n2cccc23)cc1.CC. The highest BCUT2D eigenvalue weighted by molar-refractivity contribution is 5.68. The quantitative estimate of drug-likeness (QED) is 0.510. The Bertz CT molecular complexity index is 1120. The van der Waals surface area contributed by atoms with Gasteiger partial charge in [-0.15, -0.1) is 6.42 Å². The highest BCUT2D eigenvalue weighted by atomic mass is 15.2. The van der Waals surface area contributed by atoms with Crippen molar-refractivity contribution in [3.8, 4) is 18.0 Å². The lowest BCUT2D eigenvalue weighted by molar-refractivity contribution is 0.230. The smallest absolute Gasteiger partial charge is 0.0813 e. The number of benzene rings is 2. The van der Waals surface area contributed by atoms with Gasteiger partial charge in [0.05, 0.1) is 16.9 Å². The van der Waals surface area contributed by atoms with E-state index in [9.17, 15) is 0 Å². The number of fused-ring (bicyclic) bond motifs is 4. The van der Waals surface area contributed by atoms with Gasteiger partial charge in [0.1, 0.15) is 0 Å². The molecule has 3 aromatic rings. The van der Waals surface area contributed by atoms with Crippen LogP contribution in [0.3, 0.4) is 0 Å². The van der Waals surface area contributed by atoms with Crippen LogP contribution in [0.2, 0.25) is 0 Å². The molecule has 0 radical (unpaired) electrons. The maximum Gasteiger partial charge on any atom is 0.0813 e. The predicted molar refractivity (Wildman–Crippen MR) is 131 cm³/mol. The summed E-state index contributed by atoms with van der Waals surface area (Å²) >= 11 is 0. The van der Waals surface area contributed by atoms with Gasteiger partial charge >= 0.3 is 0 Å². The van der Waals surface area contributed by atoms with E-state index in [0.717, 1.165) is 42.8 Å². The third-order valence-corrected chi connectivity index (χ3v) is 6.41. The number of aryl methyl sites for hydroxylation is 1. The standard InChI is InChI=1S/C26H25N3.C2H6/c1-4-21-8-10-22(11-9-21)20(3)28-16-13-26(14-17-28)25-6-5-15-29(25)24-12-7-19(2)18-23(24)27-26;1-2/h1,5-12,15,18,27H,3,13-14,16-17H2,2H3;1-2H3. The number of aromatic nitrogens is 1. The highest BCUT2D eigenvalue weighted by Gasteiger charge is 2.41. The van der Waals surface area contributed by atoms with Crippen LogP contribution in [0, 0.1) is 19.3 Å². The van der Waals surface area contributed by atoms with Crippen molar-refractivity contribution in [2.24, 2.45) is 0 Å². The molecular weight excluding hydrogens is 378 g/mol. The molecule has 0 aliphatic carbocycles. The Morgan fingerprint density at radius 2 is 1.77 bits per heavy atom. The van der Waals surface area contributed by atoms with Crippen molar-refractivity contribution in [1.82, 2.24) is 9.47 Å². The van der Waals surface area contributed by atoms with Gasteiger partial charge in [-0.3, -0.25) is 0 Å². The van der Waals surface area contributed by atoms with E-state index in [4.69, 9.17) is 6.42 Å². The number of piperidine rings is 1. The van der Waals surface area contributed by atoms with Crippen LogP contribution in [0.15, 0.2) is 67.4 Å². The number of nitrogens with one attached hydrogen (secondary N) is 1. The zero-order valence-electron chi connectivity index (χ0n) is 18.8. The van der Waals surface area contributed by atoms with Crippen LogP contribution in [0.5, 0.6) is 0 Å². The third-order valence-electron chi connectivity index (χ3n) is 6.41. The van der Waals surface area contributed by atoms with Gasteiger partial charge in [-0.1, -0.05) is 44.5 Å². The maximum absolute atomic E-state index is 5.48. The molecule has 3 heterocycles. The maximum atomic E-state index is 5.48. The fourth-order valence-electron chi connectivity index (χ4n) is 4.74. The largest absolute Gasteiger partial charge is 0.372 e. The summed E-state index contributed by atoms with van der Waals surface area (Å²) in [6.45, 7) is 12.5. The van der Waals surface area contributed by atoms with Crippen LogP contribution in [0.25, 0.3) is 11.4 Å². The zero-order valence-corrected chi connectivity index (χ0v) is 18.8. The van der Waals surface area contributed by atoms with Crippen molar-refractivity contribution in [3.63, 3.8) is 0 Å². The molecule has 3 heteroatoms. The second-order valence-corrected chi connectivity index (χ2v) is 8.15. The Labute approximate surface area is 186 Å². The first-order chi connectivity index (χ1) is 15.1. The van der Waals surface area contributed by atoms with Gasteiger partial charge in [-0.25, -0.2) is 0 Å². The van der Waals surface area contributed by atoms with E-state index >= 15 is 0 Å². The number of likely N-dealkylation sites (tertiary alicyclic amines) is 1. The van der Waals surface area contributed by atoms with Crippen LogP contribution < -0.4 is 5.32 Å². The number of hydrogen-bond donors (Lipinski definition) is 1. The molecule has 0 unspecified atom stereocenters. The molecule has 1 aromatic heterocycles. The molecule has 0 bridgehead atoms. The molecule has 0 saturated carbocycles. The molecule has 2 aromatic carbocycles. The van der Waals surface area contributed by atoms with Gasteiger partial charge in [0.2, 0.25) is 0 Å². The van der Waals surface area contributed by atoms with Crippen molar-refractivity contribution < 1.29 is 0 Å². The van der Waals surface area contributed by atoms with E-state index in [0.29, 0.717) is 0 Å². The van der Waals surface area contributed by atoms with Crippen molar-refractivity contribution in [2.45, 2.75) is 39.2 Å². The van der Waals surface area contributed by atoms with E-state index in [1.165, 1.54) is 22.6 Å². The Morgan fingerprint density at radius 3 is 2.45 bits per heavy atom. The van der Waals surface area contributed by atoms with Crippen LogP contribution >= 0.6 is 0 Å². The molecular formula is C28H31N3. The molecule has 1 N–H and O–H groups in total. The number of terminal acetylenes is 1. The van der Waals surface area contributed by atoms with E-state index in [2.05, 4.69) is 82.9 Å². The van der Waals surface area contributed by atoms with Crippen molar-refractivity contribution in [1.29, 1.82) is 0 Å². The third kappa shape index (κ3) is 3.64. The number of rotatable bonds is 2. The van der Waals surface area contributed by atoms with Gasteiger partial charge in [0, 0.05) is 36.2 Å². The molecule has 31 heavy (non-hydrogen) atoms. The Morgan fingerprint density at radius 1 is 1.06 bits per heavy atom. The van der Waals surface area contributed by atoms with Crippen LogP contribution in [-0.2, 0) is 5.54 Å². The summed E-state index contributed by atoms with van der Waals surface area (Å²) in [5.41, 5.74) is 8.19. The molecule has 2 aliphatic rings. The van der Waals surface area contributed by atoms with Gasteiger partial charge in [0.15, 0.2) is 0 Å². The Balaban J connectivity index is 0.00000112. The summed E-state index contributed by atoms with van der Waals surface area (Å²) in [5.74, 6) is 2.68. The Hall–Kier alpha value is -3.38. The van der Waals surface area contributed by atoms with E-state index in [1.807, 2.05) is 26.0 Å². The van der Waals surface area contributed by atoms with E-state index in [-0.39, 0.29) is 5.54 Å². The lowest BCUT2D eigenvalue weighted by Crippen LogP contribution is -2.49. The van der Waals surface area contributed by atoms with Gasteiger partial charge in [-0.05, 0) is 67.3 Å². The van der Waals surface area contributed by atoms with Crippen molar-refractivity contribution in [3.05, 3.63) is 89.8 Å². The minimum Gasteiger partial charge on any atom is -0.372 e.